The summed E-state index contributed by atoms with van der Waals surface area (Å²) in [4.78, 5) is 7.68. The largest absolute Gasteiger partial charge is 0.434 e. The van der Waals surface area contributed by atoms with Gasteiger partial charge in [-0.25, -0.2) is 4.98 Å². The lowest BCUT2D eigenvalue weighted by atomic mass is 10.0. The van der Waals surface area contributed by atoms with E-state index in [1.807, 2.05) is 0 Å². The lowest BCUT2D eigenvalue weighted by molar-refractivity contribution is -0.140. The van der Waals surface area contributed by atoms with E-state index in [4.69, 9.17) is 0 Å². The van der Waals surface area contributed by atoms with Gasteiger partial charge in [-0.2, -0.15) is 13.2 Å². The second kappa shape index (κ2) is 9.10. The predicted octanol–water partition coefficient (Wildman–Crippen LogP) is 4.04. The highest BCUT2D eigenvalue weighted by Gasteiger charge is 2.33. The SMILES string of the molecule is CN=C(NCc1nc(C(F)(F)F)cs1)NC(C)CCCC(C)C. The van der Waals surface area contributed by atoms with Gasteiger partial charge in [0.05, 0.1) is 6.54 Å². The molecule has 1 heterocycles. The van der Waals surface area contributed by atoms with Crippen LogP contribution in [0.1, 0.15) is 50.7 Å². The lowest BCUT2D eigenvalue weighted by Crippen LogP contribution is -2.41. The minimum Gasteiger partial charge on any atom is -0.354 e. The Morgan fingerprint density at radius 2 is 2.00 bits per heavy atom. The molecule has 0 fully saturated rings. The number of hydrogen-bond acceptors (Lipinski definition) is 3. The molecule has 1 rings (SSSR count). The third-order valence-electron chi connectivity index (χ3n) is 3.27. The van der Waals surface area contributed by atoms with Gasteiger partial charge in [-0.05, 0) is 19.3 Å². The summed E-state index contributed by atoms with van der Waals surface area (Å²) in [7, 11) is 1.64. The van der Waals surface area contributed by atoms with Crippen molar-refractivity contribution >= 4 is 17.3 Å². The molecule has 1 aromatic rings. The zero-order chi connectivity index (χ0) is 17.5. The molecule has 1 unspecified atom stereocenters. The Morgan fingerprint density at radius 1 is 1.30 bits per heavy atom. The highest BCUT2D eigenvalue weighted by molar-refractivity contribution is 7.09. The van der Waals surface area contributed by atoms with Crippen LogP contribution in [0.2, 0.25) is 0 Å². The zero-order valence-corrected chi connectivity index (χ0v) is 14.8. The van der Waals surface area contributed by atoms with Crippen LogP contribution in [0.4, 0.5) is 13.2 Å². The monoisotopic (exact) mass is 350 g/mol. The number of aromatic nitrogens is 1. The van der Waals surface area contributed by atoms with Gasteiger partial charge < -0.3 is 10.6 Å². The summed E-state index contributed by atoms with van der Waals surface area (Å²) in [5, 5.41) is 7.65. The van der Waals surface area contributed by atoms with Crippen molar-refractivity contribution in [1.82, 2.24) is 15.6 Å². The van der Waals surface area contributed by atoms with Crippen LogP contribution in [0.3, 0.4) is 0 Å². The highest BCUT2D eigenvalue weighted by Crippen LogP contribution is 2.29. The number of rotatable bonds is 7. The van der Waals surface area contributed by atoms with Gasteiger partial charge in [-0.1, -0.05) is 26.7 Å². The standard InChI is InChI=1S/C15H25F3N4S/c1-10(2)6-5-7-11(3)21-14(19-4)20-8-13-22-12(9-23-13)15(16,17)18/h9-11H,5-8H2,1-4H3,(H2,19,20,21). The number of halogens is 3. The molecule has 0 aliphatic heterocycles. The summed E-state index contributed by atoms with van der Waals surface area (Å²) in [6.07, 6.45) is -1.06. The van der Waals surface area contributed by atoms with Gasteiger partial charge in [0, 0.05) is 18.5 Å². The number of aliphatic imine (C=N–C) groups is 1. The number of nitrogens with one attached hydrogen (secondary N) is 2. The first-order valence-electron chi connectivity index (χ1n) is 7.71. The van der Waals surface area contributed by atoms with Crippen molar-refractivity contribution in [2.45, 2.75) is 58.8 Å². The van der Waals surface area contributed by atoms with Gasteiger partial charge in [0.25, 0.3) is 0 Å². The Balaban J connectivity index is 2.41. The third kappa shape index (κ3) is 7.67. The molecule has 0 saturated heterocycles. The molecule has 0 saturated carbocycles. The lowest BCUT2D eigenvalue weighted by Gasteiger charge is -2.18. The van der Waals surface area contributed by atoms with Gasteiger partial charge in [0.2, 0.25) is 0 Å². The molecule has 1 aromatic heterocycles. The van der Waals surface area contributed by atoms with Crippen molar-refractivity contribution < 1.29 is 13.2 Å². The fourth-order valence-electron chi connectivity index (χ4n) is 2.01. The molecule has 0 amide bonds. The number of guanidine groups is 1. The van der Waals surface area contributed by atoms with Crippen molar-refractivity contribution in [3.8, 4) is 0 Å². The smallest absolute Gasteiger partial charge is 0.354 e. The molecule has 0 aromatic carbocycles. The molecule has 4 nitrogen and oxygen atoms in total. The van der Waals surface area contributed by atoms with E-state index in [1.165, 1.54) is 6.42 Å². The molecule has 0 radical (unpaired) electrons. The second-order valence-electron chi connectivity index (χ2n) is 5.92. The van der Waals surface area contributed by atoms with Crippen molar-refractivity contribution in [1.29, 1.82) is 0 Å². The molecule has 0 aliphatic carbocycles. The minimum absolute atomic E-state index is 0.221. The molecule has 1 atom stereocenters. The number of nitrogens with zero attached hydrogens (tertiary/aromatic N) is 2. The molecule has 0 bridgehead atoms. The van der Waals surface area contributed by atoms with Crippen LogP contribution in [-0.2, 0) is 12.7 Å². The first kappa shape index (κ1) is 19.7. The molecule has 23 heavy (non-hydrogen) atoms. The number of alkyl halides is 3. The minimum atomic E-state index is -4.39. The van der Waals surface area contributed by atoms with Crippen molar-refractivity contribution in [3.05, 3.63) is 16.1 Å². The van der Waals surface area contributed by atoms with E-state index in [-0.39, 0.29) is 12.6 Å². The average molecular weight is 350 g/mol. The highest BCUT2D eigenvalue weighted by atomic mass is 32.1. The summed E-state index contributed by atoms with van der Waals surface area (Å²) in [5.41, 5.74) is -0.843. The van der Waals surface area contributed by atoms with Crippen LogP contribution in [0, 0.1) is 5.92 Å². The Morgan fingerprint density at radius 3 is 2.52 bits per heavy atom. The Labute approximate surface area is 139 Å². The van der Waals surface area contributed by atoms with Gasteiger partial charge in [-0.3, -0.25) is 4.99 Å². The molecule has 132 valence electrons. The first-order chi connectivity index (χ1) is 10.7. The zero-order valence-electron chi connectivity index (χ0n) is 14.0. The quantitative estimate of drug-likeness (QED) is 0.576. The van der Waals surface area contributed by atoms with Crippen LogP contribution in [0.25, 0.3) is 0 Å². The second-order valence-corrected chi connectivity index (χ2v) is 6.86. The summed E-state index contributed by atoms with van der Waals surface area (Å²) in [6, 6.07) is 0.252. The summed E-state index contributed by atoms with van der Waals surface area (Å²) < 4.78 is 37.5. The topological polar surface area (TPSA) is 49.3 Å². The Bertz CT molecular complexity index is 497. The van der Waals surface area contributed by atoms with Crippen molar-refractivity contribution in [2.75, 3.05) is 7.05 Å². The van der Waals surface area contributed by atoms with E-state index in [1.54, 1.807) is 7.05 Å². The Hall–Kier alpha value is -1.31. The average Bonchev–Trinajstić information content (AvgIpc) is 2.91. The fraction of sp³-hybridized carbons (Fsp3) is 0.733. The van der Waals surface area contributed by atoms with Crippen LogP contribution < -0.4 is 10.6 Å². The number of hydrogen-bond donors (Lipinski definition) is 2. The van der Waals surface area contributed by atoms with E-state index in [9.17, 15) is 13.2 Å². The van der Waals surface area contributed by atoms with Gasteiger partial charge in [-0.15, -0.1) is 11.3 Å². The molecule has 0 spiro atoms. The van der Waals surface area contributed by atoms with E-state index in [2.05, 4.69) is 41.4 Å². The number of thiazole rings is 1. The Kier molecular flexibility index (Phi) is 7.81. The van der Waals surface area contributed by atoms with Crippen molar-refractivity contribution in [3.63, 3.8) is 0 Å². The van der Waals surface area contributed by atoms with Crippen LogP contribution in [0.5, 0.6) is 0 Å². The maximum Gasteiger partial charge on any atom is 0.434 e. The fourth-order valence-corrected chi connectivity index (χ4v) is 2.75. The normalized spacial score (nSPS) is 14.2. The maximum absolute atomic E-state index is 12.5. The summed E-state index contributed by atoms with van der Waals surface area (Å²) >= 11 is 0.988. The van der Waals surface area contributed by atoms with Gasteiger partial charge >= 0.3 is 6.18 Å². The summed E-state index contributed by atoms with van der Waals surface area (Å²) in [6.45, 7) is 6.68. The van der Waals surface area contributed by atoms with E-state index < -0.39 is 11.9 Å². The van der Waals surface area contributed by atoms with Crippen LogP contribution in [-0.4, -0.2) is 24.0 Å². The maximum atomic E-state index is 12.5. The predicted molar refractivity (Wildman–Crippen MR) is 88.6 cm³/mol. The van der Waals surface area contributed by atoms with E-state index >= 15 is 0 Å². The molecule has 8 heteroatoms. The molecule has 0 aliphatic rings. The molecule has 2 N–H and O–H groups in total. The van der Waals surface area contributed by atoms with Crippen LogP contribution in [0.15, 0.2) is 10.4 Å². The van der Waals surface area contributed by atoms with Crippen LogP contribution >= 0.6 is 11.3 Å². The first-order valence-corrected chi connectivity index (χ1v) is 8.59. The third-order valence-corrected chi connectivity index (χ3v) is 4.12. The summed E-state index contributed by atoms with van der Waals surface area (Å²) in [5.74, 6) is 1.26. The van der Waals surface area contributed by atoms with Gasteiger partial charge in [0.15, 0.2) is 11.7 Å². The van der Waals surface area contributed by atoms with E-state index in [0.29, 0.717) is 16.9 Å². The van der Waals surface area contributed by atoms with Gasteiger partial charge in [0.1, 0.15) is 5.01 Å². The molecular weight excluding hydrogens is 325 g/mol. The van der Waals surface area contributed by atoms with E-state index in [0.717, 1.165) is 29.6 Å². The molecular formula is C15H25F3N4S. The van der Waals surface area contributed by atoms with Crippen molar-refractivity contribution in [2.24, 2.45) is 10.9 Å².